The maximum atomic E-state index is 13.5. The molecular weight excluding hydrogens is 390 g/mol. The molecule has 5 rings (SSSR count). The molecule has 1 aliphatic carbocycles. The number of nitrogens with zero attached hydrogens (tertiary/aromatic N) is 1. The lowest BCUT2D eigenvalue weighted by atomic mass is 9.81. The number of anilines is 1. The first-order valence-corrected chi connectivity index (χ1v) is 10.5. The second-order valence-corrected chi connectivity index (χ2v) is 8.31. The Morgan fingerprint density at radius 2 is 1.65 bits per heavy atom. The number of Topliss-reactive ketones (excluding diaryl/α,β-unsaturated/α-hetero) is 1. The van der Waals surface area contributed by atoms with Crippen LogP contribution in [0.2, 0.25) is 0 Å². The van der Waals surface area contributed by atoms with Crippen LogP contribution >= 0.6 is 0 Å². The summed E-state index contributed by atoms with van der Waals surface area (Å²) in [6.45, 7) is 6.49. The molecule has 2 heterocycles. The summed E-state index contributed by atoms with van der Waals surface area (Å²) < 4.78 is 1.52. The summed E-state index contributed by atoms with van der Waals surface area (Å²) in [6, 6.07) is 15.5. The quantitative estimate of drug-likeness (QED) is 0.683. The molecule has 0 spiro atoms. The number of carbonyl (C=O) groups excluding carboxylic acids is 1. The molecule has 0 amide bonds. The minimum absolute atomic E-state index is 0.0877. The average molecular weight is 413 g/mol. The Hall–Kier alpha value is -3.67. The minimum atomic E-state index is -0.561. The van der Waals surface area contributed by atoms with Gasteiger partial charge in [0, 0.05) is 29.2 Å². The number of carbonyl (C=O) groups is 1. The molecule has 0 saturated carbocycles. The van der Waals surface area contributed by atoms with Gasteiger partial charge in [0.15, 0.2) is 5.78 Å². The van der Waals surface area contributed by atoms with Crippen LogP contribution in [0.1, 0.15) is 65.2 Å². The van der Waals surface area contributed by atoms with E-state index in [2.05, 4.69) is 24.1 Å². The highest BCUT2D eigenvalue weighted by Gasteiger charge is 2.42. The lowest BCUT2D eigenvalue weighted by Gasteiger charge is -2.29. The van der Waals surface area contributed by atoms with Crippen LogP contribution in [0.15, 0.2) is 63.7 Å². The Morgan fingerprint density at radius 1 is 0.968 bits per heavy atom. The fraction of sp³-hybridized carbons (Fsp3) is 0.240. The van der Waals surface area contributed by atoms with Crippen LogP contribution in [-0.4, -0.2) is 15.3 Å². The molecule has 2 aliphatic rings. The summed E-state index contributed by atoms with van der Waals surface area (Å²) >= 11 is 0. The van der Waals surface area contributed by atoms with E-state index in [1.807, 2.05) is 49.4 Å². The molecule has 1 aromatic heterocycles. The van der Waals surface area contributed by atoms with Gasteiger partial charge >= 0.3 is 5.69 Å². The average Bonchev–Trinajstić information content (AvgIpc) is 3.05. The fourth-order valence-electron chi connectivity index (χ4n) is 4.67. The van der Waals surface area contributed by atoms with Crippen LogP contribution < -0.4 is 16.6 Å². The molecule has 3 aromatic rings. The van der Waals surface area contributed by atoms with E-state index in [0.717, 1.165) is 11.1 Å². The van der Waals surface area contributed by atoms with Crippen LogP contribution in [0.3, 0.4) is 0 Å². The first kappa shape index (κ1) is 19.3. The zero-order valence-electron chi connectivity index (χ0n) is 17.7. The Labute approximate surface area is 179 Å². The number of fused-ring (bicyclic) bond motifs is 3. The van der Waals surface area contributed by atoms with Crippen molar-refractivity contribution in [3.05, 3.63) is 103 Å². The number of aromatic nitrogens is 2. The summed E-state index contributed by atoms with van der Waals surface area (Å²) in [5.74, 6) is 0.178. The summed E-state index contributed by atoms with van der Waals surface area (Å²) in [7, 11) is 0. The van der Waals surface area contributed by atoms with Crippen molar-refractivity contribution in [3.63, 3.8) is 0 Å². The number of nitrogens with one attached hydrogen (secondary N) is 2. The number of H-pyrrole nitrogens is 1. The molecule has 2 N–H and O–H groups in total. The van der Waals surface area contributed by atoms with Crippen molar-refractivity contribution < 1.29 is 4.79 Å². The highest BCUT2D eigenvalue weighted by atomic mass is 16.2. The predicted molar refractivity (Wildman–Crippen MR) is 121 cm³/mol. The van der Waals surface area contributed by atoms with Crippen molar-refractivity contribution in [3.8, 4) is 0 Å². The van der Waals surface area contributed by atoms with Crippen LogP contribution in [0, 0.1) is 0 Å². The fourth-order valence-corrected chi connectivity index (χ4v) is 4.67. The second kappa shape index (κ2) is 6.94. The van der Waals surface area contributed by atoms with Crippen molar-refractivity contribution in [2.75, 3.05) is 5.32 Å². The number of aromatic amines is 1. The van der Waals surface area contributed by atoms with Crippen molar-refractivity contribution in [1.29, 1.82) is 0 Å². The molecular formula is C25H23N3O3. The van der Waals surface area contributed by atoms with Crippen molar-refractivity contribution in [2.45, 2.75) is 39.2 Å². The molecule has 31 heavy (non-hydrogen) atoms. The number of ketones is 1. The van der Waals surface area contributed by atoms with E-state index >= 15 is 0 Å². The van der Waals surface area contributed by atoms with Gasteiger partial charge in [-0.15, -0.1) is 0 Å². The molecule has 0 fully saturated rings. The van der Waals surface area contributed by atoms with Gasteiger partial charge in [0.1, 0.15) is 5.82 Å². The topological polar surface area (TPSA) is 84.0 Å². The first-order valence-electron chi connectivity index (χ1n) is 10.5. The zero-order valence-corrected chi connectivity index (χ0v) is 17.7. The van der Waals surface area contributed by atoms with E-state index in [1.54, 1.807) is 6.07 Å². The molecule has 6 heteroatoms. The highest BCUT2D eigenvalue weighted by Crippen LogP contribution is 2.47. The molecule has 0 saturated heterocycles. The summed E-state index contributed by atoms with van der Waals surface area (Å²) in [6.07, 6.45) is 0. The van der Waals surface area contributed by atoms with E-state index in [0.29, 0.717) is 40.7 Å². The van der Waals surface area contributed by atoms with E-state index in [-0.39, 0.29) is 5.78 Å². The minimum Gasteiger partial charge on any atom is -0.340 e. The Balaban J connectivity index is 1.82. The molecule has 1 atom stereocenters. The van der Waals surface area contributed by atoms with Gasteiger partial charge in [-0.2, -0.15) is 0 Å². The molecule has 0 radical (unpaired) electrons. The number of rotatable bonds is 3. The maximum absolute atomic E-state index is 13.5. The molecule has 1 unspecified atom stereocenters. The Morgan fingerprint density at radius 3 is 2.29 bits per heavy atom. The first-order chi connectivity index (χ1) is 14.9. The summed E-state index contributed by atoms with van der Waals surface area (Å²) in [5.41, 5.74) is 4.15. The Bertz CT molecular complexity index is 1370. The van der Waals surface area contributed by atoms with E-state index < -0.39 is 17.2 Å². The van der Waals surface area contributed by atoms with Crippen molar-refractivity contribution >= 4 is 17.3 Å². The van der Waals surface area contributed by atoms with Gasteiger partial charge < -0.3 is 5.32 Å². The van der Waals surface area contributed by atoms with Crippen LogP contribution in [0.4, 0.5) is 5.82 Å². The SMILES string of the molecule is CCn1c2c(c(=O)[nH]c1=O)C(c1ccc(C(C)C)cc1)C1=C(N2)c2ccccc2C1=O. The smallest absolute Gasteiger partial charge is 0.329 e. The van der Waals surface area contributed by atoms with Gasteiger partial charge in [-0.25, -0.2) is 4.79 Å². The standard InChI is InChI=1S/C25H23N3O3/c1-4-28-23-20(24(30)27-25(28)31)18(15-11-9-14(10-12-15)13(2)3)19-21(26-23)16-7-5-6-8-17(16)22(19)29/h5-13,18,26H,4H2,1-3H3,(H,27,30,31). The van der Waals surface area contributed by atoms with Crippen molar-refractivity contribution in [1.82, 2.24) is 9.55 Å². The third-order valence-corrected chi connectivity index (χ3v) is 6.26. The monoisotopic (exact) mass is 413 g/mol. The predicted octanol–water partition coefficient (Wildman–Crippen LogP) is 3.84. The van der Waals surface area contributed by atoms with Crippen LogP contribution in [-0.2, 0) is 6.54 Å². The molecule has 2 aromatic carbocycles. The summed E-state index contributed by atoms with van der Waals surface area (Å²) in [4.78, 5) is 41.4. The Kier molecular flexibility index (Phi) is 4.32. The molecule has 6 nitrogen and oxygen atoms in total. The van der Waals surface area contributed by atoms with Gasteiger partial charge in [-0.05, 0) is 24.0 Å². The zero-order chi connectivity index (χ0) is 21.9. The highest BCUT2D eigenvalue weighted by molar-refractivity contribution is 6.23. The van der Waals surface area contributed by atoms with E-state index in [4.69, 9.17) is 0 Å². The van der Waals surface area contributed by atoms with Crippen molar-refractivity contribution in [2.24, 2.45) is 0 Å². The third-order valence-electron chi connectivity index (χ3n) is 6.26. The van der Waals surface area contributed by atoms with Gasteiger partial charge in [0.05, 0.1) is 11.3 Å². The number of hydrogen-bond donors (Lipinski definition) is 2. The summed E-state index contributed by atoms with van der Waals surface area (Å²) in [5, 5.41) is 3.28. The lowest BCUT2D eigenvalue weighted by Crippen LogP contribution is -2.38. The largest absolute Gasteiger partial charge is 0.340 e. The van der Waals surface area contributed by atoms with Gasteiger partial charge in [0.2, 0.25) is 0 Å². The lowest BCUT2D eigenvalue weighted by molar-refractivity contribution is 0.103. The van der Waals surface area contributed by atoms with Gasteiger partial charge in [0.25, 0.3) is 5.56 Å². The number of benzene rings is 2. The second-order valence-electron chi connectivity index (χ2n) is 8.31. The van der Waals surface area contributed by atoms with E-state index in [9.17, 15) is 14.4 Å². The third kappa shape index (κ3) is 2.75. The maximum Gasteiger partial charge on any atom is 0.329 e. The van der Waals surface area contributed by atoms with Gasteiger partial charge in [-0.3, -0.25) is 19.1 Å². The van der Waals surface area contributed by atoms with E-state index in [1.165, 1.54) is 10.1 Å². The molecule has 0 bridgehead atoms. The van der Waals surface area contributed by atoms with Gasteiger partial charge in [-0.1, -0.05) is 62.4 Å². The number of allylic oxidation sites excluding steroid dienone is 1. The molecule has 156 valence electrons. The van der Waals surface area contributed by atoms with Crippen LogP contribution in [0.25, 0.3) is 5.70 Å². The van der Waals surface area contributed by atoms with Crippen LogP contribution in [0.5, 0.6) is 0 Å². The normalized spacial score (nSPS) is 16.8. The number of hydrogen-bond acceptors (Lipinski definition) is 4. The molecule has 1 aliphatic heterocycles.